The molecule has 1 aliphatic rings. The Balaban J connectivity index is 2.03. The largest absolute Gasteiger partial charge is 0.381 e. The van der Waals surface area contributed by atoms with Crippen LogP contribution in [0.2, 0.25) is 0 Å². The van der Waals surface area contributed by atoms with E-state index in [0.29, 0.717) is 25.7 Å². The lowest BCUT2D eigenvalue weighted by molar-refractivity contribution is 0.0678. The van der Waals surface area contributed by atoms with Gasteiger partial charge in [0.25, 0.3) is 10.0 Å². The molecule has 1 N–H and O–H groups in total. The molecule has 1 saturated heterocycles. The van der Waals surface area contributed by atoms with Crippen molar-refractivity contribution in [2.75, 3.05) is 19.8 Å². The molecule has 2 heterocycles. The maximum atomic E-state index is 12.1. The molecule has 0 saturated carbocycles. The fourth-order valence-electron chi connectivity index (χ4n) is 1.85. The second-order valence-electron chi connectivity index (χ2n) is 4.22. The maximum absolute atomic E-state index is 12.1. The monoisotopic (exact) mass is 338 g/mol. The maximum Gasteiger partial charge on any atom is 0.260 e. The fraction of sp³-hybridized carbons (Fsp3) is 0.778. The lowest BCUT2D eigenvalue weighted by Gasteiger charge is -2.22. The Morgan fingerprint density at radius 2 is 2.17 bits per heavy atom. The zero-order valence-electron chi connectivity index (χ0n) is 9.97. The van der Waals surface area contributed by atoms with E-state index in [1.165, 1.54) is 4.68 Å². The van der Waals surface area contributed by atoms with Crippen LogP contribution in [-0.2, 0) is 21.8 Å². The molecule has 0 amide bonds. The number of aromatic nitrogens is 3. The van der Waals surface area contributed by atoms with Gasteiger partial charge in [-0.2, -0.15) is 0 Å². The molecule has 0 aromatic carbocycles. The highest BCUT2D eigenvalue weighted by atomic mass is 79.9. The van der Waals surface area contributed by atoms with Gasteiger partial charge in [-0.25, -0.2) is 17.8 Å². The van der Waals surface area contributed by atoms with Gasteiger partial charge in [0.05, 0.1) is 0 Å². The second kappa shape index (κ2) is 5.64. The molecule has 2 rings (SSSR count). The van der Waals surface area contributed by atoms with E-state index in [9.17, 15) is 8.42 Å². The summed E-state index contributed by atoms with van der Waals surface area (Å²) in [5.74, 6) is 0.327. The number of sulfonamides is 1. The van der Waals surface area contributed by atoms with E-state index in [0.717, 1.165) is 12.8 Å². The van der Waals surface area contributed by atoms with Gasteiger partial charge in [0.15, 0.2) is 4.60 Å². The van der Waals surface area contributed by atoms with E-state index in [2.05, 4.69) is 31.0 Å². The van der Waals surface area contributed by atoms with Crippen LogP contribution in [0.5, 0.6) is 0 Å². The van der Waals surface area contributed by atoms with Crippen molar-refractivity contribution in [3.63, 3.8) is 0 Å². The summed E-state index contributed by atoms with van der Waals surface area (Å²) in [5.41, 5.74) is 0. The minimum absolute atomic E-state index is 0.0505. The molecule has 0 radical (unpaired) electrons. The molecule has 1 aliphatic heterocycles. The number of hydrogen-bond acceptors (Lipinski definition) is 5. The summed E-state index contributed by atoms with van der Waals surface area (Å²) in [6, 6.07) is 0. The summed E-state index contributed by atoms with van der Waals surface area (Å²) in [7, 11) is -2.03. The number of nitrogens with zero attached hydrogens (tertiary/aromatic N) is 3. The Kier molecular flexibility index (Phi) is 4.36. The quantitative estimate of drug-likeness (QED) is 0.852. The molecule has 102 valence electrons. The Morgan fingerprint density at radius 3 is 2.72 bits per heavy atom. The zero-order chi connectivity index (χ0) is 13.2. The third-order valence-corrected chi connectivity index (χ3v) is 5.20. The number of nitrogens with one attached hydrogen (secondary N) is 1. The Labute approximate surface area is 114 Å². The molecular formula is C9H15BrN4O3S. The van der Waals surface area contributed by atoms with Crippen molar-refractivity contribution in [1.29, 1.82) is 0 Å². The average molecular weight is 339 g/mol. The summed E-state index contributed by atoms with van der Waals surface area (Å²) in [6.07, 6.45) is 1.76. The Morgan fingerprint density at radius 1 is 1.50 bits per heavy atom. The third kappa shape index (κ3) is 3.08. The van der Waals surface area contributed by atoms with Crippen molar-refractivity contribution in [3.05, 3.63) is 4.60 Å². The highest BCUT2D eigenvalue weighted by Crippen LogP contribution is 2.19. The molecule has 0 unspecified atom stereocenters. The van der Waals surface area contributed by atoms with Crippen LogP contribution in [0.15, 0.2) is 9.63 Å². The number of ether oxygens (including phenoxy) is 1. The zero-order valence-corrected chi connectivity index (χ0v) is 12.4. The van der Waals surface area contributed by atoms with E-state index in [4.69, 9.17) is 4.74 Å². The van der Waals surface area contributed by atoms with E-state index in [1.54, 1.807) is 7.05 Å². The van der Waals surface area contributed by atoms with Crippen LogP contribution in [-0.4, -0.2) is 43.2 Å². The number of halogens is 1. The Bertz CT molecular complexity index is 490. The lowest BCUT2D eigenvalue weighted by Crippen LogP contribution is -2.33. The second-order valence-corrected chi connectivity index (χ2v) is 6.65. The van der Waals surface area contributed by atoms with Gasteiger partial charge in [-0.3, -0.25) is 0 Å². The number of rotatable bonds is 4. The highest BCUT2D eigenvalue weighted by Gasteiger charge is 2.25. The minimum atomic E-state index is -3.58. The van der Waals surface area contributed by atoms with Gasteiger partial charge in [-0.15, -0.1) is 5.10 Å². The summed E-state index contributed by atoms with van der Waals surface area (Å²) >= 11 is 3.09. The summed E-state index contributed by atoms with van der Waals surface area (Å²) in [6.45, 7) is 1.82. The van der Waals surface area contributed by atoms with Crippen LogP contribution >= 0.6 is 15.9 Å². The predicted molar refractivity (Wildman–Crippen MR) is 67.4 cm³/mol. The third-order valence-electron chi connectivity index (χ3n) is 2.89. The van der Waals surface area contributed by atoms with Gasteiger partial charge in [0.2, 0.25) is 5.03 Å². The van der Waals surface area contributed by atoms with Gasteiger partial charge in [-0.05, 0) is 34.7 Å². The van der Waals surface area contributed by atoms with E-state index in [-0.39, 0.29) is 9.63 Å². The fourth-order valence-corrected chi connectivity index (χ4v) is 4.06. The topological polar surface area (TPSA) is 86.1 Å². The number of hydrogen-bond donors (Lipinski definition) is 1. The van der Waals surface area contributed by atoms with Gasteiger partial charge in [0.1, 0.15) is 0 Å². The van der Waals surface area contributed by atoms with Crippen molar-refractivity contribution < 1.29 is 13.2 Å². The molecule has 0 aliphatic carbocycles. The average Bonchev–Trinajstić information content (AvgIpc) is 2.69. The van der Waals surface area contributed by atoms with Crippen molar-refractivity contribution >= 4 is 26.0 Å². The van der Waals surface area contributed by atoms with Crippen LogP contribution in [0.3, 0.4) is 0 Å². The van der Waals surface area contributed by atoms with Gasteiger partial charge >= 0.3 is 0 Å². The SMILES string of the molecule is Cn1nnc(Br)c1S(=O)(=O)NCC1CCOCC1. The van der Waals surface area contributed by atoms with E-state index in [1.807, 2.05) is 0 Å². The van der Waals surface area contributed by atoms with Gasteiger partial charge < -0.3 is 4.74 Å². The molecule has 0 spiro atoms. The number of aryl methyl sites for hydroxylation is 1. The van der Waals surface area contributed by atoms with Crippen LogP contribution in [0.1, 0.15) is 12.8 Å². The molecule has 0 atom stereocenters. The normalized spacial score (nSPS) is 18.1. The first-order valence-electron chi connectivity index (χ1n) is 5.63. The van der Waals surface area contributed by atoms with E-state index >= 15 is 0 Å². The summed E-state index contributed by atoms with van der Waals surface area (Å²) < 4.78 is 33.5. The van der Waals surface area contributed by atoms with Crippen molar-refractivity contribution in [1.82, 2.24) is 19.7 Å². The first-order valence-corrected chi connectivity index (χ1v) is 7.91. The molecule has 18 heavy (non-hydrogen) atoms. The van der Waals surface area contributed by atoms with Crippen LogP contribution in [0.25, 0.3) is 0 Å². The molecule has 1 aromatic rings. The summed E-state index contributed by atoms with van der Waals surface area (Å²) in [5, 5.41) is 7.38. The van der Waals surface area contributed by atoms with Crippen LogP contribution in [0, 0.1) is 5.92 Å². The Hall–Kier alpha value is -0.510. The minimum Gasteiger partial charge on any atom is -0.381 e. The molecule has 9 heteroatoms. The molecule has 0 bridgehead atoms. The van der Waals surface area contributed by atoms with Crippen LogP contribution < -0.4 is 4.72 Å². The van der Waals surface area contributed by atoms with Gasteiger partial charge in [-0.1, -0.05) is 5.21 Å². The summed E-state index contributed by atoms with van der Waals surface area (Å²) in [4.78, 5) is 0. The molecule has 7 nitrogen and oxygen atoms in total. The highest BCUT2D eigenvalue weighted by molar-refractivity contribution is 9.10. The standard InChI is InChI=1S/C9H15BrN4O3S/c1-14-9(8(10)12-13-14)18(15,16)11-6-7-2-4-17-5-3-7/h7,11H,2-6H2,1H3. The molecule has 1 fully saturated rings. The first kappa shape index (κ1) is 13.9. The first-order chi connectivity index (χ1) is 8.50. The van der Waals surface area contributed by atoms with Crippen molar-refractivity contribution in [2.24, 2.45) is 13.0 Å². The van der Waals surface area contributed by atoms with Crippen molar-refractivity contribution in [3.8, 4) is 0 Å². The molecule has 1 aromatic heterocycles. The smallest absolute Gasteiger partial charge is 0.260 e. The van der Waals surface area contributed by atoms with E-state index < -0.39 is 10.0 Å². The van der Waals surface area contributed by atoms with Crippen molar-refractivity contribution in [2.45, 2.75) is 17.9 Å². The predicted octanol–water partition coefficient (Wildman–Crippen LogP) is 0.282. The van der Waals surface area contributed by atoms with Crippen LogP contribution in [0.4, 0.5) is 0 Å². The molecular weight excluding hydrogens is 324 g/mol. The lowest BCUT2D eigenvalue weighted by atomic mass is 10.0. The van der Waals surface area contributed by atoms with Gasteiger partial charge in [0, 0.05) is 26.8 Å².